The first-order chi connectivity index (χ1) is 8.49. The van der Waals surface area contributed by atoms with Crippen molar-refractivity contribution in [3.05, 3.63) is 21.9 Å². The van der Waals surface area contributed by atoms with Crippen LogP contribution < -0.4 is 5.32 Å². The van der Waals surface area contributed by atoms with Crippen LogP contribution in [0.25, 0.3) is 0 Å². The summed E-state index contributed by atoms with van der Waals surface area (Å²) in [5.41, 5.74) is -0.726. The van der Waals surface area contributed by atoms with Crippen LogP contribution in [0.2, 0.25) is 0 Å². The Labute approximate surface area is 113 Å². The summed E-state index contributed by atoms with van der Waals surface area (Å²) in [5.74, 6) is -0.0332. The van der Waals surface area contributed by atoms with Gasteiger partial charge in [0, 0.05) is 16.2 Å². The van der Waals surface area contributed by atoms with Crippen LogP contribution in [0.5, 0.6) is 0 Å². The van der Waals surface area contributed by atoms with E-state index in [1.165, 1.54) is 9.75 Å². The van der Waals surface area contributed by atoms with E-state index in [2.05, 4.69) is 30.4 Å². The number of rotatable bonds is 6. The minimum absolute atomic E-state index is 0.0332. The molecule has 0 fully saturated rings. The number of carbonyl (C=O) groups is 1. The lowest BCUT2D eigenvalue weighted by Crippen LogP contribution is -2.44. The highest BCUT2D eigenvalue weighted by Gasteiger charge is 2.22. The normalized spacial score (nSPS) is 13.7. The van der Waals surface area contributed by atoms with E-state index in [-0.39, 0.29) is 5.91 Å². The third-order valence-corrected chi connectivity index (χ3v) is 4.05. The van der Waals surface area contributed by atoms with Gasteiger partial charge in [0.15, 0.2) is 0 Å². The van der Waals surface area contributed by atoms with Crippen LogP contribution in [0.4, 0.5) is 0 Å². The van der Waals surface area contributed by atoms with Gasteiger partial charge in [-0.1, -0.05) is 6.92 Å². The molecular weight excluding hydrogens is 244 g/mol. The molecule has 0 aliphatic carbocycles. The molecular formula is C14H20N2OS. The molecule has 1 N–H and O–H groups in total. The van der Waals surface area contributed by atoms with Gasteiger partial charge in [-0.25, -0.2) is 0 Å². The van der Waals surface area contributed by atoms with Gasteiger partial charge in [-0.15, -0.1) is 11.3 Å². The van der Waals surface area contributed by atoms with E-state index in [0.717, 1.165) is 12.8 Å². The van der Waals surface area contributed by atoms with E-state index in [4.69, 9.17) is 5.26 Å². The average molecular weight is 264 g/mol. The molecule has 1 heterocycles. The van der Waals surface area contributed by atoms with Crippen LogP contribution in [0.15, 0.2) is 12.1 Å². The Morgan fingerprint density at radius 3 is 2.78 bits per heavy atom. The van der Waals surface area contributed by atoms with Crippen molar-refractivity contribution in [3.8, 4) is 6.07 Å². The molecule has 4 heteroatoms. The van der Waals surface area contributed by atoms with E-state index in [1.54, 1.807) is 18.3 Å². The molecule has 18 heavy (non-hydrogen) atoms. The summed E-state index contributed by atoms with van der Waals surface area (Å²) in [4.78, 5) is 14.3. The van der Waals surface area contributed by atoms with Crippen molar-refractivity contribution in [3.63, 3.8) is 0 Å². The Bertz CT molecular complexity index is 447. The number of nitrogens with zero attached hydrogens (tertiary/aromatic N) is 1. The number of thiophene rings is 1. The molecule has 0 unspecified atom stereocenters. The number of carbonyl (C=O) groups excluding carboxylic acids is 1. The lowest BCUT2D eigenvalue weighted by molar-refractivity contribution is -0.122. The molecule has 1 amide bonds. The molecule has 0 saturated heterocycles. The lowest BCUT2D eigenvalue weighted by atomic mass is 10.0. The second-order valence-electron chi connectivity index (χ2n) is 4.71. The van der Waals surface area contributed by atoms with Crippen LogP contribution >= 0.6 is 11.3 Å². The average Bonchev–Trinajstić information content (AvgIpc) is 2.75. The maximum Gasteiger partial charge on any atom is 0.221 e. The highest BCUT2D eigenvalue weighted by molar-refractivity contribution is 7.11. The SMILES string of the molecule is CC[C@@](C)(C#N)NC(=O)CCCc1ccc(C)s1. The second-order valence-corrected chi connectivity index (χ2v) is 6.08. The smallest absolute Gasteiger partial charge is 0.221 e. The fraction of sp³-hybridized carbons (Fsp3) is 0.571. The highest BCUT2D eigenvalue weighted by atomic mass is 32.1. The third-order valence-electron chi connectivity index (χ3n) is 2.99. The van der Waals surface area contributed by atoms with Crippen molar-refractivity contribution in [2.75, 3.05) is 0 Å². The van der Waals surface area contributed by atoms with Gasteiger partial charge in [-0.2, -0.15) is 5.26 Å². The van der Waals surface area contributed by atoms with Gasteiger partial charge < -0.3 is 5.32 Å². The maximum absolute atomic E-state index is 11.7. The Morgan fingerprint density at radius 1 is 1.56 bits per heavy atom. The third kappa shape index (κ3) is 4.50. The molecule has 1 atom stereocenters. The summed E-state index contributed by atoms with van der Waals surface area (Å²) >= 11 is 1.78. The van der Waals surface area contributed by atoms with Crippen LogP contribution in [0.3, 0.4) is 0 Å². The first kappa shape index (κ1) is 14.7. The van der Waals surface area contributed by atoms with Gasteiger partial charge >= 0.3 is 0 Å². The van der Waals surface area contributed by atoms with Gasteiger partial charge in [-0.3, -0.25) is 4.79 Å². The zero-order valence-corrected chi connectivity index (χ0v) is 12.1. The van der Waals surface area contributed by atoms with Gasteiger partial charge in [-0.05, 0) is 45.2 Å². The minimum atomic E-state index is -0.726. The monoisotopic (exact) mass is 264 g/mol. The summed E-state index contributed by atoms with van der Waals surface area (Å²) in [7, 11) is 0. The van der Waals surface area contributed by atoms with E-state index in [1.807, 2.05) is 6.92 Å². The van der Waals surface area contributed by atoms with Crippen molar-refractivity contribution in [2.24, 2.45) is 0 Å². The van der Waals surface area contributed by atoms with Crippen molar-refractivity contribution in [1.82, 2.24) is 5.32 Å². The summed E-state index contributed by atoms with van der Waals surface area (Å²) in [6, 6.07) is 6.36. The molecule has 0 bridgehead atoms. The van der Waals surface area contributed by atoms with Crippen molar-refractivity contribution in [1.29, 1.82) is 5.26 Å². The Kier molecular flexibility index (Phi) is 5.36. The van der Waals surface area contributed by atoms with Crippen LogP contribution in [0.1, 0.15) is 42.9 Å². The van der Waals surface area contributed by atoms with Crippen molar-refractivity contribution in [2.45, 2.75) is 52.0 Å². The molecule has 0 saturated carbocycles. The summed E-state index contributed by atoms with van der Waals surface area (Å²) < 4.78 is 0. The molecule has 1 rings (SSSR count). The summed E-state index contributed by atoms with van der Waals surface area (Å²) in [6.45, 7) is 5.74. The molecule has 0 spiro atoms. The predicted octanol–water partition coefficient (Wildman–Crippen LogP) is 3.19. The van der Waals surface area contributed by atoms with Gasteiger partial charge in [0.1, 0.15) is 5.54 Å². The van der Waals surface area contributed by atoms with E-state index >= 15 is 0 Å². The summed E-state index contributed by atoms with van der Waals surface area (Å²) in [5, 5.41) is 11.8. The first-order valence-corrected chi connectivity index (χ1v) is 7.08. The van der Waals surface area contributed by atoms with E-state index < -0.39 is 5.54 Å². The molecule has 0 aliphatic rings. The van der Waals surface area contributed by atoms with Gasteiger partial charge in [0.25, 0.3) is 0 Å². The molecule has 0 aliphatic heterocycles. The molecule has 0 aromatic carbocycles. The number of nitriles is 1. The number of nitrogens with one attached hydrogen (secondary N) is 1. The Hall–Kier alpha value is -1.34. The van der Waals surface area contributed by atoms with Gasteiger partial charge in [0.05, 0.1) is 6.07 Å². The van der Waals surface area contributed by atoms with Crippen molar-refractivity contribution < 1.29 is 4.79 Å². The quantitative estimate of drug-likeness (QED) is 0.858. The standard InChI is InChI=1S/C14H20N2OS/c1-4-14(3,10-15)16-13(17)7-5-6-12-9-8-11(2)18-12/h8-9H,4-7H2,1-3H3,(H,16,17)/t14-/m0/s1. The van der Waals surface area contributed by atoms with Crippen LogP contribution in [0, 0.1) is 18.3 Å². The topological polar surface area (TPSA) is 52.9 Å². The van der Waals surface area contributed by atoms with Gasteiger partial charge in [0.2, 0.25) is 5.91 Å². The zero-order chi connectivity index (χ0) is 13.6. The maximum atomic E-state index is 11.7. The second kappa shape index (κ2) is 6.55. The largest absolute Gasteiger partial charge is 0.338 e. The minimum Gasteiger partial charge on any atom is -0.338 e. The predicted molar refractivity (Wildman–Crippen MR) is 74.4 cm³/mol. The molecule has 98 valence electrons. The number of hydrogen-bond acceptors (Lipinski definition) is 3. The van der Waals surface area contributed by atoms with Crippen LogP contribution in [-0.2, 0) is 11.2 Å². The first-order valence-electron chi connectivity index (χ1n) is 6.26. The van der Waals surface area contributed by atoms with Crippen molar-refractivity contribution >= 4 is 17.2 Å². The number of aryl methyl sites for hydroxylation is 2. The molecule has 0 radical (unpaired) electrons. The highest BCUT2D eigenvalue weighted by Crippen LogP contribution is 2.17. The Morgan fingerprint density at radius 2 is 2.28 bits per heavy atom. The summed E-state index contributed by atoms with van der Waals surface area (Å²) in [6.07, 6.45) is 2.87. The molecule has 1 aromatic rings. The van der Waals surface area contributed by atoms with Crippen LogP contribution in [-0.4, -0.2) is 11.4 Å². The van der Waals surface area contributed by atoms with E-state index in [0.29, 0.717) is 12.8 Å². The van der Waals surface area contributed by atoms with E-state index in [9.17, 15) is 4.79 Å². The molecule has 3 nitrogen and oxygen atoms in total. The fourth-order valence-electron chi connectivity index (χ4n) is 1.61. The fourth-order valence-corrected chi connectivity index (χ4v) is 2.54. The number of amides is 1. The number of hydrogen-bond donors (Lipinski definition) is 1. The molecule has 1 aromatic heterocycles. The zero-order valence-electron chi connectivity index (χ0n) is 11.2. The lowest BCUT2D eigenvalue weighted by Gasteiger charge is -2.21. The Balaban J connectivity index is 2.32.